The van der Waals surface area contributed by atoms with Crippen LogP contribution in [0.25, 0.3) is 16.6 Å². The van der Waals surface area contributed by atoms with E-state index >= 15 is 0 Å². The van der Waals surface area contributed by atoms with E-state index in [0.29, 0.717) is 22.4 Å². The normalized spacial score (nSPS) is 13.1. The fourth-order valence-corrected chi connectivity index (χ4v) is 3.49. The van der Waals surface area contributed by atoms with Crippen molar-refractivity contribution in [3.8, 4) is 0 Å². The molecule has 0 atom stereocenters. The van der Waals surface area contributed by atoms with Crippen LogP contribution < -0.4 is 0 Å². The van der Waals surface area contributed by atoms with Crippen LogP contribution in [0.1, 0.15) is 31.8 Å². The molecule has 6 heteroatoms. The molecule has 0 spiro atoms. The number of esters is 1. The first-order valence-corrected chi connectivity index (χ1v) is 8.83. The highest BCUT2D eigenvalue weighted by Crippen LogP contribution is 2.30. The summed E-state index contributed by atoms with van der Waals surface area (Å²) in [7, 11) is 0. The van der Waals surface area contributed by atoms with Crippen LogP contribution in [0.15, 0.2) is 55.2 Å². The minimum atomic E-state index is -0.660. The van der Waals surface area contributed by atoms with E-state index in [1.54, 1.807) is 30.5 Å². The van der Waals surface area contributed by atoms with Crippen molar-refractivity contribution in [2.45, 2.75) is 6.92 Å². The summed E-state index contributed by atoms with van der Waals surface area (Å²) in [6.45, 7) is 5.13. The zero-order valence-corrected chi connectivity index (χ0v) is 15.3. The lowest BCUT2D eigenvalue weighted by molar-refractivity contribution is -0.142. The summed E-state index contributed by atoms with van der Waals surface area (Å²) in [6.07, 6.45) is 1.62. The van der Waals surface area contributed by atoms with Gasteiger partial charge in [-0.1, -0.05) is 36.9 Å². The number of amides is 1. The number of carbonyl (C=O) groups is 3. The summed E-state index contributed by atoms with van der Waals surface area (Å²) in [4.78, 5) is 41.5. The lowest BCUT2D eigenvalue weighted by Crippen LogP contribution is -2.31. The molecule has 1 amide bonds. The number of fused-ring (bicyclic) bond motifs is 2. The Morgan fingerprint density at radius 2 is 1.86 bits per heavy atom. The van der Waals surface area contributed by atoms with Gasteiger partial charge < -0.3 is 9.72 Å². The molecular formula is C22H18N2O4. The molecule has 2 aromatic carbocycles. The monoisotopic (exact) mass is 374 g/mol. The molecule has 1 N–H and O–H groups in total. The molecule has 0 unspecified atom stereocenters. The molecule has 140 valence electrons. The molecule has 1 aromatic heterocycles. The van der Waals surface area contributed by atoms with E-state index in [2.05, 4.69) is 11.6 Å². The van der Waals surface area contributed by atoms with Crippen LogP contribution in [-0.4, -0.2) is 40.7 Å². The van der Waals surface area contributed by atoms with Crippen molar-refractivity contribution in [2.75, 3.05) is 13.2 Å². The number of rotatable bonds is 5. The van der Waals surface area contributed by atoms with Gasteiger partial charge in [0.2, 0.25) is 5.78 Å². The van der Waals surface area contributed by atoms with Crippen LogP contribution in [0.5, 0.6) is 0 Å². The first-order chi connectivity index (χ1) is 13.5. The van der Waals surface area contributed by atoms with Gasteiger partial charge in [0.05, 0.1) is 0 Å². The number of aromatic nitrogens is 1. The molecule has 0 saturated carbocycles. The highest BCUT2D eigenvalue weighted by molar-refractivity contribution is 6.11. The second-order valence-corrected chi connectivity index (χ2v) is 6.67. The Labute approximate surface area is 161 Å². The molecule has 1 aliphatic heterocycles. The zero-order valence-electron chi connectivity index (χ0n) is 15.3. The van der Waals surface area contributed by atoms with Gasteiger partial charge in [0.25, 0.3) is 5.91 Å². The Hall–Kier alpha value is -3.67. The van der Waals surface area contributed by atoms with Crippen molar-refractivity contribution in [1.29, 1.82) is 0 Å². The van der Waals surface area contributed by atoms with Gasteiger partial charge in [-0.15, -0.1) is 0 Å². The first-order valence-electron chi connectivity index (χ1n) is 8.83. The minimum Gasteiger partial charge on any atom is -0.456 e. The van der Waals surface area contributed by atoms with Crippen molar-refractivity contribution < 1.29 is 19.1 Å². The highest BCUT2D eigenvalue weighted by Gasteiger charge is 2.32. The largest absolute Gasteiger partial charge is 0.456 e. The first kappa shape index (κ1) is 17.7. The summed E-state index contributed by atoms with van der Waals surface area (Å²) in [5.74, 6) is -1.26. The van der Waals surface area contributed by atoms with Crippen LogP contribution in [0.2, 0.25) is 0 Å². The second-order valence-electron chi connectivity index (χ2n) is 6.67. The van der Waals surface area contributed by atoms with Gasteiger partial charge in [0, 0.05) is 39.5 Å². The minimum absolute atomic E-state index is 0.285. The van der Waals surface area contributed by atoms with E-state index in [1.165, 1.54) is 4.90 Å². The number of Topliss-reactive ketones (excluding diaryl/α,β-unsaturated/α-hetero) is 1. The topological polar surface area (TPSA) is 79.5 Å². The van der Waals surface area contributed by atoms with Gasteiger partial charge in [0.1, 0.15) is 6.54 Å². The lowest BCUT2D eigenvalue weighted by Gasteiger charge is -2.16. The molecule has 0 saturated heterocycles. The second kappa shape index (κ2) is 6.81. The maximum Gasteiger partial charge on any atom is 0.326 e. The third kappa shape index (κ3) is 2.89. The van der Waals surface area contributed by atoms with Crippen LogP contribution in [0, 0.1) is 6.92 Å². The predicted octanol–water partition coefficient (Wildman–Crippen LogP) is 3.33. The fraction of sp³-hybridized carbons (Fsp3) is 0.136. The Bertz CT molecular complexity index is 1110. The number of ether oxygens (including phenoxy) is 1. The zero-order chi connectivity index (χ0) is 19.8. The molecule has 0 aliphatic carbocycles. The molecule has 2 heterocycles. The fourth-order valence-electron chi connectivity index (χ4n) is 3.49. The van der Waals surface area contributed by atoms with Gasteiger partial charge >= 0.3 is 5.97 Å². The van der Waals surface area contributed by atoms with E-state index in [0.717, 1.165) is 16.5 Å². The number of H-pyrrole nitrogens is 1. The molecule has 0 radical (unpaired) electrons. The quantitative estimate of drug-likeness (QED) is 0.549. The van der Waals surface area contributed by atoms with Gasteiger partial charge in [-0.3, -0.25) is 19.3 Å². The number of nitrogens with one attached hydrogen (secondary N) is 1. The van der Waals surface area contributed by atoms with Crippen LogP contribution in [-0.2, 0) is 9.53 Å². The van der Waals surface area contributed by atoms with E-state index in [4.69, 9.17) is 4.74 Å². The molecule has 6 nitrogen and oxygen atoms in total. The van der Waals surface area contributed by atoms with Gasteiger partial charge in [-0.25, -0.2) is 0 Å². The lowest BCUT2D eigenvalue weighted by atomic mass is 10.1. The van der Waals surface area contributed by atoms with E-state index in [1.807, 2.05) is 25.1 Å². The molecule has 1 aliphatic rings. The average Bonchev–Trinajstić information content (AvgIpc) is 3.23. The van der Waals surface area contributed by atoms with Crippen molar-refractivity contribution in [3.05, 3.63) is 77.5 Å². The third-order valence-electron chi connectivity index (χ3n) is 4.91. The number of ketones is 1. The molecule has 0 fully saturated rings. The van der Waals surface area contributed by atoms with Crippen LogP contribution in [0.4, 0.5) is 0 Å². The van der Waals surface area contributed by atoms with Gasteiger partial charge in [0.15, 0.2) is 6.61 Å². The van der Waals surface area contributed by atoms with Gasteiger partial charge in [-0.05, 0) is 24.6 Å². The number of hydrogen-bond acceptors (Lipinski definition) is 4. The molecule has 0 bridgehead atoms. The Kier molecular flexibility index (Phi) is 4.31. The smallest absolute Gasteiger partial charge is 0.326 e. The number of carbonyl (C=O) groups excluding carboxylic acids is 3. The number of hydrogen-bond donors (Lipinski definition) is 1. The van der Waals surface area contributed by atoms with Crippen molar-refractivity contribution in [3.63, 3.8) is 0 Å². The van der Waals surface area contributed by atoms with Crippen molar-refractivity contribution in [2.24, 2.45) is 0 Å². The molecule has 3 aromatic rings. The van der Waals surface area contributed by atoms with Gasteiger partial charge in [-0.2, -0.15) is 0 Å². The number of aryl methyl sites for hydroxylation is 1. The Morgan fingerprint density at radius 3 is 2.61 bits per heavy atom. The van der Waals surface area contributed by atoms with E-state index in [-0.39, 0.29) is 24.8 Å². The molecule has 4 rings (SSSR count). The standard InChI is InChI=1S/C22H18N2O4/c1-13-6-5-9-18-21(13)17(10-23-18)19(25)12-28-20(26)11-24-14(2)15-7-3-4-8-16(15)22(24)27/h3-10,23H,2,11-12H2,1H3. The summed E-state index contributed by atoms with van der Waals surface area (Å²) >= 11 is 0. The maximum absolute atomic E-state index is 12.5. The number of benzene rings is 2. The SMILES string of the molecule is C=C1c2ccccc2C(=O)N1CC(=O)OCC(=O)c1c[nH]c2cccc(C)c12. The summed E-state index contributed by atoms with van der Waals surface area (Å²) < 4.78 is 5.14. The van der Waals surface area contributed by atoms with Crippen molar-refractivity contribution in [1.82, 2.24) is 9.88 Å². The molecule has 28 heavy (non-hydrogen) atoms. The summed E-state index contributed by atoms with van der Waals surface area (Å²) in [6, 6.07) is 12.7. The van der Waals surface area contributed by atoms with Crippen molar-refractivity contribution >= 4 is 34.3 Å². The number of aromatic amines is 1. The Balaban J connectivity index is 1.42. The summed E-state index contributed by atoms with van der Waals surface area (Å²) in [5, 5.41) is 0.821. The van der Waals surface area contributed by atoms with E-state index < -0.39 is 5.97 Å². The predicted molar refractivity (Wildman–Crippen MR) is 105 cm³/mol. The number of nitrogens with zero attached hydrogens (tertiary/aromatic N) is 1. The maximum atomic E-state index is 12.5. The molecular weight excluding hydrogens is 356 g/mol. The summed E-state index contributed by atoms with van der Waals surface area (Å²) in [5.41, 5.74) is 3.96. The Morgan fingerprint density at radius 1 is 1.11 bits per heavy atom. The average molecular weight is 374 g/mol. The highest BCUT2D eigenvalue weighted by atomic mass is 16.5. The van der Waals surface area contributed by atoms with Crippen LogP contribution >= 0.6 is 0 Å². The van der Waals surface area contributed by atoms with Crippen LogP contribution in [0.3, 0.4) is 0 Å². The van der Waals surface area contributed by atoms with E-state index in [9.17, 15) is 14.4 Å². The third-order valence-corrected chi connectivity index (χ3v) is 4.91.